The van der Waals surface area contributed by atoms with Crippen LogP contribution in [0.4, 0.5) is 0 Å². The first-order valence-electron chi connectivity index (χ1n) is 7.29. The third-order valence-electron chi connectivity index (χ3n) is 4.22. The Morgan fingerprint density at radius 3 is 2.78 bits per heavy atom. The van der Waals surface area contributed by atoms with Crippen molar-refractivity contribution >= 4 is 21.1 Å². The van der Waals surface area contributed by atoms with Gasteiger partial charge < -0.3 is 14.4 Å². The lowest BCUT2D eigenvalue weighted by Crippen LogP contribution is -2.28. The van der Waals surface area contributed by atoms with Crippen molar-refractivity contribution in [2.45, 2.75) is 17.2 Å². The Balaban J connectivity index is 1.65. The van der Waals surface area contributed by atoms with Gasteiger partial charge in [0.2, 0.25) is 10.0 Å². The molecule has 0 spiro atoms. The first-order chi connectivity index (χ1) is 11.0. The molecular formula is C15H15N3O4S. The van der Waals surface area contributed by atoms with Crippen LogP contribution in [-0.4, -0.2) is 35.8 Å². The average molecular weight is 333 g/mol. The molecule has 1 fully saturated rings. The largest absolute Gasteiger partial charge is 0.469 e. The number of H-pyrrole nitrogens is 2. The van der Waals surface area contributed by atoms with Gasteiger partial charge in [0, 0.05) is 19.0 Å². The fraction of sp³-hybridized carbons (Fsp3) is 0.267. The Labute approximate surface area is 132 Å². The molecule has 1 aliphatic rings. The van der Waals surface area contributed by atoms with Crippen LogP contribution in [0.15, 0.2) is 50.7 Å². The Morgan fingerprint density at radius 2 is 2.00 bits per heavy atom. The number of nitrogens with zero attached hydrogens (tertiary/aromatic N) is 1. The molecule has 0 saturated carbocycles. The van der Waals surface area contributed by atoms with Crippen molar-refractivity contribution in [2.24, 2.45) is 0 Å². The summed E-state index contributed by atoms with van der Waals surface area (Å²) in [5.41, 5.74) is 0.718. The summed E-state index contributed by atoms with van der Waals surface area (Å²) in [7, 11) is -3.59. The lowest BCUT2D eigenvalue weighted by molar-refractivity contribution is 0.445. The van der Waals surface area contributed by atoms with E-state index >= 15 is 0 Å². The number of benzene rings is 1. The van der Waals surface area contributed by atoms with Crippen LogP contribution in [-0.2, 0) is 10.0 Å². The summed E-state index contributed by atoms with van der Waals surface area (Å²) < 4.78 is 32.4. The van der Waals surface area contributed by atoms with Crippen molar-refractivity contribution in [1.29, 1.82) is 0 Å². The molecule has 4 rings (SSSR count). The summed E-state index contributed by atoms with van der Waals surface area (Å²) in [5, 5.41) is 0. The lowest BCUT2D eigenvalue weighted by atomic mass is 10.1. The van der Waals surface area contributed by atoms with Crippen molar-refractivity contribution in [1.82, 2.24) is 14.3 Å². The van der Waals surface area contributed by atoms with Crippen molar-refractivity contribution < 1.29 is 12.8 Å². The summed E-state index contributed by atoms with van der Waals surface area (Å²) in [6.45, 7) is 0.854. The SMILES string of the molecule is O=c1[nH]c2ccc(S(=O)(=O)N3CCC(c4ccco4)C3)cc2[nH]1. The van der Waals surface area contributed by atoms with E-state index in [0.717, 1.165) is 12.2 Å². The number of rotatable bonds is 3. The predicted octanol–water partition coefficient (Wildman–Crippen LogP) is 1.63. The second-order valence-corrected chi connectivity index (χ2v) is 7.59. The lowest BCUT2D eigenvalue weighted by Gasteiger charge is -2.16. The fourth-order valence-electron chi connectivity index (χ4n) is 3.02. The molecule has 0 radical (unpaired) electrons. The Morgan fingerprint density at radius 1 is 1.17 bits per heavy atom. The van der Waals surface area contributed by atoms with Crippen molar-refractivity contribution in [3.63, 3.8) is 0 Å². The van der Waals surface area contributed by atoms with Gasteiger partial charge in [-0.05, 0) is 36.8 Å². The van der Waals surface area contributed by atoms with Gasteiger partial charge in [-0.2, -0.15) is 4.31 Å². The zero-order chi connectivity index (χ0) is 16.0. The van der Waals surface area contributed by atoms with Gasteiger partial charge in [-0.15, -0.1) is 0 Å². The first-order valence-corrected chi connectivity index (χ1v) is 8.74. The number of imidazole rings is 1. The third kappa shape index (κ3) is 2.40. The number of nitrogens with one attached hydrogen (secondary N) is 2. The van der Waals surface area contributed by atoms with E-state index in [1.807, 2.05) is 12.1 Å². The standard InChI is InChI=1S/C15H15N3O4S/c19-15-16-12-4-3-11(8-13(12)17-15)23(20,21)18-6-5-10(9-18)14-2-1-7-22-14/h1-4,7-8,10H,5-6,9H2,(H2,16,17,19). The fourth-order valence-corrected chi connectivity index (χ4v) is 4.55. The van der Waals surface area contributed by atoms with Crippen LogP contribution in [0.2, 0.25) is 0 Å². The van der Waals surface area contributed by atoms with Gasteiger partial charge in [0.15, 0.2) is 0 Å². The molecule has 1 aliphatic heterocycles. The summed E-state index contributed by atoms with van der Waals surface area (Å²) in [4.78, 5) is 16.7. The number of aromatic nitrogens is 2. The molecule has 0 aliphatic carbocycles. The first kappa shape index (κ1) is 14.3. The van der Waals surface area contributed by atoms with Gasteiger partial charge in [0.1, 0.15) is 5.76 Å². The van der Waals surface area contributed by atoms with Crippen molar-refractivity contribution in [3.05, 3.63) is 52.8 Å². The van der Waals surface area contributed by atoms with Crippen LogP contribution in [0, 0.1) is 0 Å². The van der Waals surface area contributed by atoms with E-state index in [-0.39, 0.29) is 16.5 Å². The number of furan rings is 1. The van der Waals surface area contributed by atoms with Crippen LogP contribution >= 0.6 is 0 Å². The monoisotopic (exact) mass is 333 g/mol. The van der Waals surface area contributed by atoms with E-state index < -0.39 is 10.0 Å². The van der Waals surface area contributed by atoms with Crippen LogP contribution in [0.25, 0.3) is 11.0 Å². The predicted molar refractivity (Wildman–Crippen MR) is 83.7 cm³/mol. The zero-order valence-electron chi connectivity index (χ0n) is 12.2. The second kappa shape index (κ2) is 5.10. The van der Waals surface area contributed by atoms with E-state index in [2.05, 4.69) is 9.97 Å². The maximum Gasteiger partial charge on any atom is 0.323 e. The second-order valence-electron chi connectivity index (χ2n) is 5.65. The molecule has 1 unspecified atom stereocenters. The highest BCUT2D eigenvalue weighted by atomic mass is 32.2. The molecule has 3 heterocycles. The molecule has 1 aromatic carbocycles. The highest BCUT2D eigenvalue weighted by Gasteiger charge is 2.34. The summed E-state index contributed by atoms with van der Waals surface area (Å²) in [5.74, 6) is 0.892. The maximum atomic E-state index is 12.8. The number of hydrogen-bond acceptors (Lipinski definition) is 4. The van der Waals surface area contributed by atoms with Gasteiger partial charge in [-0.3, -0.25) is 0 Å². The van der Waals surface area contributed by atoms with Crippen LogP contribution in [0.5, 0.6) is 0 Å². The Kier molecular flexibility index (Phi) is 3.17. The number of hydrogen-bond donors (Lipinski definition) is 2. The summed E-state index contributed by atoms with van der Waals surface area (Å²) in [6, 6.07) is 8.28. The minimum absolute atomic E-state index is 0.0792. The van der Waals surface area contributed by atoms with Crippen molar-refractivity contribution in [3.8, 4) is 0 Å². The molecule has 0 bridgehead atoms. The van der Waals surface area contributed by atoms with E-state index in [1.165, 1.54) is 16.4 Å². The van der Waals surface area contributed by atoms with Crippen molar-refractivity contribution in [2.75, 3.05) is 13.1 Å². The number of sulfonamides is 1. The Hall–Kier alpha value is -2.32. The van der Waals surface area contributed by atoms with E-state index in [9.17, 15) is 13.2 Å². The summed E-state index contributed by atoms with van der Waals surface area (Å²) in [6.07, 6.45) is 2.33. The minimum Gasteiger partial charge on any atom is -0.469 e. The quantitative estimate of drug-likeness (QED) is 0.761. The molecule has 1 atom stereocenters. The zero-order valence-corrected chi connectivity index (χ0v) is 13.0. The highest BCUT2D eigenvalue weighted by molar-refractivity contribution is 7.89. The van der Waals surface area contributed by atoms with E-state index in [4.69, 9.17) is 4.42 Å². The number of aromatic amines is 2. The third-order valence-corrected chi connectivity index (χ3v) is 6.08. The van der Waals surface area contributed by atoms with Gasteiger partial charge in [-0.25, -0.2) is 13.2 Å². The van der Waals surface area contributed by atoms with Gasteiger partial charge >= 0.3 is 5.69 Å². The van der Waals surface area contributed by atoms with Crippen LogP contribution in [0.1, 0.15) is 18.1 Å². The van der Waals surface area contributed by atoms with Gasteiger partial charge in [0.25, 0.3) is 0 Å². The summed E-state index contributed by atoms with van der Waals surface area (Å²) >= 11 is 0. The molecule has 8 heteroatoms. The number of fused-ring (bicyclic) bond motifs is 1. The molecule has 3 aromatic rings. The molecule has 120 valence electrons. The van der Waals surface area contributed by atoms with E-state index in [0.29, 0.717) is 24.1 Å². The molecule has 7 nitrogen and oxygen atoms in total. The highest BCUT2D eigenvalue weighted by Crippen LogP contribution is 2.31. The molecule has 2 N–H and O–H groups in total. The van der Waals surface area contributed by atoms with E-state index in [1.54, 1.807) is 12.3 Å². The molecular weight excluding hydrogens is 318 g/mol. The normalized spacial score (nSPS) is 19.6. The molecule has 2 aromatic heterocycles. The maximum absolute atomic E-state index is 12.8. The minimum atomic E-state index is -3.59. The topological polar surface area (TPSA) is 99.2 Å². The van der Waals surface area contributed by atoms with Gasteiger partial charge in [-0.1, -0.05) is 0 Å². The Bertz CT molecular complexity index is 1000. The van der Waals surface area contributed by atoms with Crippen LogP contribution in [0.3, 0.4) is 0 Å². The molecule has 0 amide bonds. The van der Waals surface area contributed by atoms with Gasteiger partial charge in [0.05, 0.1) is 22.2 Å². The average Bonchev–Trinajstić information content (AvgIpc) is 3.25. The molecule has 23 heavy (non-hydrogen) atoms. The smallest absolute Gasteiger partial charge is 0.323 e. The molecule has 1 saturated heterocycles. The van der Waals surface area contributed by atoms with Crippen LogP contribution < -0.4 is 5.69 Å².